The third-order valence-corrected chi connectivity index (χ3v) is 7.45. The van der Waals surface area contributed by atoms with Crippen molar-refractivity contribution in [2.24, 2.45) is 0 Å². The fourth-order valence-corrected chi connectivity index (χ4v) is 5.04. The number of ether oxygens (including phenoxy) is 3. The molecule has 0 spiro atoms. The molecule has 1 atom stereocenters. The van der Waals surface area contributed by atoms with Crippen LogP contribution in [0.2, 0.25) is 0 Å². The Bertz CT molecular complexity index is 1050. The first kappa shape index (κ1) is 21.4. The summed E-state index contributed by atoms with van der Waals surface area (Å²) in [6.45, 7) is 3.55. The number of nitrogens with zero attached hydrogens (tertiary/aromatic N) is 2. The number of amides is 1. The first-order chi connectivity index (χ1) is 14.9. The first-order valence-electron chi connectivity index (χ1n) is 9.97. The predicted molar refractivity (Wildman–Crippen MR) is 114 cm³/mol. The zero-order valence-electron chi connectivity index (χ0n) is 17.4. The SMILES string of the molecule is COc1ccc(S(=O)(=O)N2CCN([C@@H](C)C(=O)Nc3ccc4c(c3)OCO4)CC2)cc1. The van der Waals surface area contributed by atoms with Gasteiger partial charge in [0, 0.05) is 37.9 Å². The van der Waals surface area contributed by atoms with Gasteiger partial charge in [-0.25, -0.2) is 8.42 Å². The first-order valence-corrected chi connectivity index (χ1v) is 11.4. The number of anilines is 1. The average molecular weight is 448 g/mol. The number of nitrogens with one attached hydrogen (secondary N) is 1. The van der Waals surface area contributed by atoms with Gasteiger partial charge >= 0.3 is 0 Å². The lowest BCUT2D eigenvalue weighted by Gasteiger charge is -2.36. The lowest BCUT2D eigenvalue weighted by molar-refractivity contribution is -0.121. The topological polar surface area (TPSA) is 97.4 Å². The standard InChI is InChI=1S/C21H25N3O6S/c1-15(21(25)22-16-3-8-19-20(13-16)30-14-29-19)23-9-11-24(12-10-23)31(26,27)18-6-4-17(28-2)5-7-18/h3-8,13,15H,9-12,14H2,1-2H3,(H,22,25)/t15-/m0/s1. The average Bonchev–Trinajstić information content (AvgIpc) is 3.26. The summed E-state index contributed by atoms with van der Waals surface area (Å²) >= 11 is 0. The van der Waals surface area contributed by atoms with Crippen LogP contribution < -0.4 is 19.5 Å². The van der Waals surface area contributed by atoms with Crippen molar-refractivity contribution < 1.29 is 27.4 Å². The van der Waals surface area contributed by atoms with Crippen LogP contribution in [0.25, 0.3) is 0 Å². The van der Waals surface area contributed by atoms with Gasteiger partial charge in [-0.3, -0.25) is 9.69 Å². The molecule has 31 heavy (non-hydrogen) atoms. The van der Waals surface area contributed by atoms with Gasteiger partial charge in [0.15, 0.2) is 11.5 Å². The van der Waals surface area contributed by atoms with Gasteiger partial charge in [-0.05, 0) is 43.3 Å². The molecule has 2 aromatic rings. The van der Waals surface area contributed by atoms with E-state index in [1.165, 1.54) is 11.4 Å². The van der Waals surface area contributed by atoms with Gasteiger partial charge in [0.05, 0.1) is 18.0 Å². The van der Waals surface area contributed by atoms with E-state index in [4.69, 9.17) is 14.2 Å². The minimum absolute atomic E-state index is 0.162. The highest BCUT2D eigenvalue weighted by Gasteiger charge is 2.32. The lowest BCUT2D eigenvalue weighted by atomic mass is 10.2. The summed E-state index contributed by atoms with van der Waals surface area (Å²) in [5, 5.41) is 2.89. The van der Waals surface area contributed by atoms with E-state index in [0.29, 0.717) is 49.1 Å². The summed E-state index contributed by atoms with van der Waals surface area (Å²) in [5.74, 6) is 1.69. The number of piperazine rings is 1. The number of hydrogen-bond donors (Lipinski definition) is 1. The van der Waals surface area contributed by atoms with Crippen LogP contribution in [0.1, 0.15) is 6.92 Å². The molecule has 166 valence electrons. The maximum Gasteiger partial charge on any atom is 0.243 e. The zero-order chi connectivity index (χ0) is 22.0. The molecule has 0 unspecified atom stereocenters. The molecule has 9 nitrogen and oxygen atoms in total. The second kappa shape index (κ2) is 8.74. The van der Waals surface area contributed by atoms with Crippen molar-refractivity contribution in [1.29, 1.82) is 0 Å². The summed E-state index contributed by atoms with van der Waals surface area (Å²) in [4.78, 5) is 14.9. The Labute approximate surface area is 181 Å². The molecular formula is C21H25N3O6S. The van der Waals surface area contributed by atoms with E-state index < -0.39 is 16.1 Å². The van der Waals surface area contributed by atoms with E-state index in [1.54, 1.807) is 42.5 Å². The number of carbonyl (C=O) groups is 1. The zero-order valence-corrected chi connectivity index (χ0v) is 18.2. The van der Waals surface area contributed by atoms with Crippen molar-refractivity contribution in [3.8, 4) is 17.2 Å². The van der Waals surface area contributed by atoms with Gasteiger partial charge in [-0.15, -0.1) is 0 Å². The maximum atomic E-state index is 12.9. The molecule has 2 aromatic carbocycles. The van der Waals surface area contributed by atoms with Crippen molar-refractivity contribution in [3.05, 3.63) is 42.5 Å². The molecular weight excluding hydrogens is 422 g/mol. The molecule has 4 rings (SSSR count). The third-order valence-electron chi connectivity index (χ3n) is 5.54. The smallest absolute Gasteiger partial charge is 0.243 e. The van der Waals surface area contributed by atoms with Crippen molar-refractivity contribution in [2.75, 3.05) is 45.4 Å². The second-order valence-electron chi connectivity index (χ2n) is 7.35. The van der Waals surface area contributed by atoms with Crippen LogP contribution in [0.5, 0.6) is 17.2 Å². The fraction of sp³-hybridized carbons (Fsp3) is 0.381. The van der Waals surface area contributed by atoms with E-state index >= 15 is 0 Å². The Kier molecular flexibility index (Phi) is 6.03. The van der Waals surface area contributed by atoms with Crippen molar-refractivity contribution >= 4 is 21.6 Å². The summed E-state index contributed by atoms with van der Waals surface area (Å²) < 4.78 is 42.9. The Balaban J connectivity index is 1.34. The number of methoxy groups -OCH3 is 1. The number of fused-ring (bicyclic) bond motifs is 1. The van der Waals surface area contributed by atoms with Gasteiger partial charge in [0.25, 0.3) is 0 Å². The van der Waals surface area contributed by atoms with Gasteiger partial charge in [-0.1, -0.05) is 0 Å². The minimum atomic E-state index is -3.59. The number of carbonyl (C=O) groups excluding carboxylic acids is 1. The minimum Gasteiger partial charge on any atom is -0.497 e. The van der Waals surface area contributed by atoms with Gasteiger partial charge in [0.2, 0.25) is 22.7 Å². The maximum absolute atomic E-state index is 12.9. The molecule has 0 aliphatic carbocycles. The number of sulfonamides is 1. The molecule has 2 aliphatic rings. The number of hydrogen-bond acceptors (Lipinski definition) is 7. The number of benzene rings is 2. The molecule has 1 N–H and O–H groups in total. The third kappa shape index (κ3) is 4.46. The quantitative estimate of drug-likeness (QED) is 0.721. The highest BCUT2D eigenvalue weighted by molar-refractivity contribution is 7.89. The van der Waals surface area contributed by atoms with E-state index in [9.17, 15) is 13.2 Å². The molecule has 0 aromatic heterocycles. The van der Waals surface area contributed by atoms with Crippen molar-refractivity contribution in [1.82, 2.24) is 9.21 Å². The predicted octanol–water partition coefficient (Wildman–Crippen LogP) is 1.76. The summed E-state index contributed by atoms with van der Waals surface area (Å²) in [7, 11) is -2.05. The van der Waals surface area contributed by atoms with Crippen molar-refractivity contribution in [3.63, 3.8) is 0 Å². The van der Waals surface area contributed by atoms with E-state index in [-0.39, 0.29) is 17.6 Å². The Morgan fingerprint density at radius 3 is 2.39 bits per heavy atom. The fourth-order valence-electron chi connectivity index (χ4n) is 3.61. The summed E-state index contributed by atoms with van der Waals surface area (Å²) in [5.41, 5.74) is 0.627. The van der Waals surface area contributed by atoms with E-state index in [1.807, 2.05) is 11.8 Å². The van der Waals surface area contributed by atoms with Crippen LogP contribution in [0.4, 0.5) is 5.69 Å². The number of rotatable bonds is 6. The van der Waals surface area contributed by atoms with Crippen LogP contribution >= 0.6 is 0 Å². The molecule has 0 saturated carbocycles. The summed E-state index contributed by atoms with van der Waals surface area (Å²) in [6.07, 6.45) is 0. The van der Waals surface area contributed by atoms with Crippen LogP contribution in [0, 0.1) is 0 Å². The Morgan fingerprint density at radius 2 is 1.71 bits per heavy atom. The normalized spacial score (nSPS) is 17.9. The Morgan fingerprint density at radius 1 is 1.03 bits per heavy atom. The highest BCUT2D eigenvalue weighted by atomic mass is 32.2. The van der Waals surface area contributed by atoms with Crippen LogP contribution in [-0.4, -0.2) is 69.7 Å². The monoisotopic (exact) mass is 447 g/mol. The second-order valence-corrected chi connectivity index (χ2v) is 9.29. The molecule has 2 heterocycles. The largest absolute Gasteiger partial charge is 0.497 e. The lowest BCUT2D eigenvalue weighted by Crippen LogP contribution is -2.53. The molecule has 10 heteroatoms. The van der Waals surface area contributed by atoms with Crippen LogP contribution in [0.15, 0.2) is 47.4 Å². The molecule has 0 radical (unpaired) electrons. The van der Waals surface area contributed by atoms with Gasteiger partial charge < -0.3 is 19.5 Å². The molecule has 1 amide bonds. The molecule has 0 bridgehead atoms. The Hall–Kier alpha value is -2.82. The van der Waals surface area contributed by atoms with E-state index in [2.05, 4.69) is 5.32 Å². The molecule has 1 saturated heterocycles. The highest BCUT2D eigenvalue weighted by Crippen LogP contribution is 2.34. The molecule has 2 aliphatic heterocycles. The summed E-state index contributed by atoms with van der Waals surface area (Å²) in [6, 6.07) is 11.2. The van der Waals surface area contributed by atoms with Crippen LogP contribution in [0.3, 0.4) is 0 Å². The van der Waals surface area contributed by atoms with Gasteiger partial charge in [-0.2, -0.15) is 4.31 Å². The molecule has 1 fully saturated rings. The van der Waals surface area contributed by atoms with Crippen LogP contribution in [-0.2, 0) is 14.8 Å². The van der Waals surface area contributed by atoms with Crippen molar-refractivity contribution in [2.45, 2.75) is 17.9 Å². The van der Waals surface area contributed by atoms with Gasteiger partial charge in [0.1, 0.15) is 5.75 Å². The van der Waals surface area contributed by atoms with E-state index in [0.717, 1.165) is 0 Å².